The molecule has 0 unspecified atom stereocenters. The van der Waals surface area contributed by atoms with Crippen LogP contribution in [0.4, 0.5) is 0 Å². The highest BCUT2D eigenvalue weighted by Crippen LogP contribution is 2.16. The molecular formula is C18H22N2O5S2. The van der Waals surface area contributed by atoms with Gasteiger partial charge in [0.25, 0.3) is 5.91 Å². The van der Waals surface area contributed by atoms with Crippen LogP contribution in [0, 0.1) is 0 Å². The van der Waals surface area contributed by atoms with Crippen LogP contribution in [0.3, 0.4) is 0 Å². The van der Waals surface area contributed by atoms with Gasteiger partial charge in [-0.1, -0.05) is 49.4 Å². The first-order valence-electron chi connectivity index (χ1n) is 8.36. The molecule has 0 saturated heterocycles. The fourth-order valence-corrected chi connectivity index (χ4v) is 4.33. The molecule has 0 saturated carbocycles. The molecule has 0 atom stereocenters. The molecule has 9 heteroatoms. The Bertz CT molecular complexity index is 987. The van der Waals surface area contributed by atoms with Crippen LogP contribution in [0.2, 0.25) is 0 Å². The van der Waals surface area contributed by atoms with Crippen LogP contribution in [-0.4, -0.2) is 40.8 Å². The van der Waals surface area contributed by atoms with Crippen molar-refractivity contribution in [3.8, 4) is 0 Å². The molecule has 27 heavy (non-hydrogen) atoms. The lowest BCUT2D eigenvalue weighted by atomic mass is 10.2. The average molecular weight is 411 g/mol. The predicted octanol–water partition coefficient (Wildman–Crippen LogP) is 1.33. The molecule has 0 aromatic heterocycles. The van der Waals surface area contributed by atoms with Crippen molar-refractivity contribution in [1.29, 1.82) is 0 Å². The topological polar surface area (TPSA) is 109 Å². The van der Waals surface area contributed by atoms with E-state index in [0.29, 0.717) is 0 Å². The molecule has 0 aliphatic heterocycles. The van der Waals surface area contributed by atoms with Crippen molar-refractivity contribution in [2.75, 3.05) is 18.1 Å². The minimum atomic E-state index is -3.58. The van der Waals surface area contributed by atoms with Crippen LogP contribution in [0.25, 0.3) is 0 Å². The minimum absolute atomic E-state index is 0.00833. The van der Waals surface area contributed by atoms with Crippen LogP contribution < -0.4 is 10.0 Å². The first-order chi connectivity index (χ1) is 12.7. The lowest BCUT2D eigenvalue weighted by Crippen LogP contribution is -2.34. The molecule has 0 fully saturated rings. The van der Waals surface area contributed by atoms with Gasteiger partial charge >= 0.3 is 0 Å². The van der Waals surface area contributed by atoms with Crippen LogP contribution >= 0.6 is 0 Å². The molecule has 0 radical (unpaired) electrons. The second-order valence-corrected chi connectivity index (χ2v) is 9.95. The zero-order valence-corrected chi connectivity index (χ0v) is 16.5. The predicted molar refractivity (Wildman–Crippen MR) is 104 cm³/mol. The van der Waals surface area contributed by atoms with E-state index in [1.165, 1.54) is 25.1 Å². The molecule has 0 aliphatic carbocycles. The van der Waals surface area contributed by atoms with Gasteiger partial charge in [-0.15, -0.1) is 0 Å². The number of amides is 1. The van der Waals surface area contributed by atoms with Gasteiger partial charge in [0.05, 0.1) is 22.0 Å². The highest BCUT2D eigenvalue weighted by Gasteiger charge is 2.20. The average Bonchev–Trinajstić information content (AvgIpc) is 2.67. The summed E-state index contributed by atoms with van der Waals surface area (Å²) in [6.07, 6.45) is 0. The van der Waals surface area contributed by atoms with Gasteiger partial charge in [-0.3, -0.25) is 4.79 Å². The summed E-state index contributed by atoms with van der Waals surface area (Å²) < 4.78 is 50.7. The molecule has 2 rings (SSSR count). The monoisotopic (exact) mass is 410 g/mol. The number of carbonyl (C=O) groups excluding carboxylic acids is 1. The second kappa shape index (κ2) is 9.12. The number of rotatable bonds is 9. The number of sulfonamides is 1. The Balaban J connectivity index is 1.94. The lowest BCUT2D eigenvalue weighted by Gasteiger charge is -2.11. The van der Waals surface area contributed by atoms with Gasteiger partial charge in [0.1, 0.15) is 0 Å². The van der Waals surface area contributed by atoms with E-state index in [1.54, 1.807) is 18.2 Å². The van der Waals surface area contributed by atoms with E-state index in [0.717, 1.165) is 5.56 Å². The SMILES string of the molecule is CCS(=O)(=O)c1ccccc1C(=O)NCCS(=O)(=O)NCc1ccccc1. The normalized spacial score (nSPS) is 11.9. The number of hydrogen-bond donors (Lipinski definition) is 2. The maximum absolute atomic E-state index is 12.3. The summed E-state index contributed by atoms with van der Waals surface area (Å²) in [5, 5.41) is 2.47. The maximum Gasteiger partial charge on any atom is 0.252 e. The van der Waals surface area contributed by atoms with Crippen LogP contribution in [0.5, 0.6) is 0 Å². The Kier molecular flexibility index (Phi) is 7.11. The fourth-order valence-electron chi connectivity index (χ4n) is 2.34. The van der Waals surface area contributed by atoms with E-state index in [4.69, 9.17) is 0 Å². The smallest absolute Gasteiger partial charge is 0.252 e. The van der Waals surface area contributed by atoms with Crippen LogP contribution in [0.1, 0.15) is 22.8 Å². The van der Waals surface area contributed by atoms with Gasteiger partial charge in [0.15, 0.2) is 9.84 Å². The van der Waals surface area contributed by atoms with Gasteiger partial charge in [-0.25, -0.2) is 21.6 Å². The summed E-state index contributed by atoms with van der Waals surface area (Å²) >= 11 is 0. The Morgan fingerprint density at radius 3 is 2.22 bits per heavy atom. The van der Waals surface area contributed by atoms with E-state index in [-0.39, 0.29) is 35.1 Å². The second-order valence-electron chi connectivity index (χ2n) is 5.78. The first-order valence-corrected chi connectivity index (χ1v) is 11.7. The third kappa shape index (κ3) is 6.16. The highest BCUT2D eigenvalue weighted by molar-refractivity contribution is 7.91. The van der Waals surface area contributed by atoms with Crippen molar-refractivity contribution in [3.05, 3.63) is 65.7 Å². The molecule has 1 amide bonds. The van der Waals surface area contributed by atoms with Crippen molar-refractivity contribution in [2.24, 2.45) is 0 Å². The van der Waals surface area contributed by atoms with E-state index < -0.39 is 25.8 Å². The van der Waals surface area contributed by atoms with Gasteiger partial charge in [-0.05, 0) is 17.7 Å². The Morgan fingerprint density at radius 2 is 1.56 bits per heavy atom. The molecule has 0 spiro atoms. The Labute approximate surface area is 159 Å². The standard InChI is InChI=1S/C18H22N2O5S2/c1-2-26(22,23)17-11-7-6-10-16(17)18(21)19-12-13-27(24,25)20-14-15-8-4-3-5-9-15/h3-11,20H,2,12-14H2,1H3,(H,19,21). The van der Waals surface area contributed by atoms with E-state index >= 15 is 0 Å². The van der Waals surface area contributed by atoms with Gasteiger partial charge < -0.3 is 5.32 Å². The Morgan fingerprint density at radius 1 is 0.926 bits per heavy atom. The quantitative estimate of drug-likeness (QED) is 0.648. The molecule has 0 aliphatic rings. The highest BCUT2D eigenvalue weighted by atomic mass is 32.2. The summed E-state index contributed by atoms with van der Waals surface area (Å²) in [5.74, 6) is -1.07. The third-order valence-corrected chi connectivity index (χ3v) is 6.95. The minimum Gasteiger partial charge on any atom is -0.351 e. The molecule has 2 aromatic rings. The van der Waals surface area contributed by atoms with E-state index in [1.807, 2.05) is 18.2 Å². The molecule has 7 nitrogen and oxygen atoms in total. The van der Waals surface area contributed by atoms with Crippen LogP contribution in [0.15, 0.2) is 59.5 Å². The van der Waals surface area contributed by atoms with Crippen molar-refractivity contribution >= 4 is 25.8 Å². The van der Waals surface area contributed by atoms with Crippen LogP contribution in [-0.2, 0) is 26.4 Å². The van der Waals surface area contributed by atoms with Crippen molar-refractivity contribution < 1.29 is 21.6 Å². The van der Waals surface area contributed by atoms with Crippen molar-refractivity contribution in [2.45, 2.75) is 18.4 Å². The van der Waals surface area contributed by atoms with E-state index in [9.17, 15) is 21.6 Å². The molecule has 0 heterocycles. The van der Waals surface area contributed by atoms with Gasteiger partial charge in [0.2, 0.25) is 10.0 Å². The number of sulfone groups is 1. The maximum atomic E-state index is 12.3. The van der Waals surface area contributed by atoms with E-state index in [2.05, 4.69) is 10.0 Å². The number of hydrogen-bond acceptors (Lipinski definition) is 5. The lowest BCUT2D eigenvalue weighted by molar-refractivity contribution is 0.0953. The molecule has 2 aromatic carbocycles. The number of carbonyl (C=O) groups is 1. The number of nitrogens with one attached hydrogen (secondary N) is 2. The summed E-state index contributed by atoms with van der Waals surface area (Å²) in [5.41, 5.74) is 0.831. The molecular weight excluding hydrogens is 388 g/mol. The number of benzene rings is 2. The molecule has 2 N–H and O–H groups in total. The summed E-state index contributed by atoms with van der Waals surface area (Å²) in [4.78, 5) is 12.2. The largest absolute Gasteiger partial charge is 0.351 e. The first kappa shape index (κ1) is 21.1. The summed E-state index contributed by atoms with van der Waals surface area (Å²) in [6, 6.07) is 14.9. The third-order valence-electron chi connectivity index (χ3n) is 3.84. The zero-order chi connectivity index (χ0) is 19.9. The van der Waals surface area contributed by atoms with Gasteiger partial charge in [0, 0.05) is 13.1 Å². The zero-order valence-electron chi connectivity index (χ0n) is 14.9. The summed E-state index contributed by atoms with van der Waals surface area (Å²) in [6.45, 7) is 1.52. The molecule has 146 valence electrons. The molecule has 0 bridgehead atoms. The van der Waals surface area contributed by atoms with Crippen molar-refractivity contribution in [1.82, 2.24) is 10.0 Å². The Hall–Kier alpha value is -2.23. The summed E-state index contributed by atoms with van der Waals surface area (Å²) in [7, 11) is -7.14. The van der Waals surface area contributed by atoms with Crippen molar-refractivity contribution in [3.63, 3.8) is 0 Å². The van der Waals surface area contributed by atoms with Gasteiger partial charge in [-0.2, -0.15) is 0 Å². The fraction of sp³-hybridized carbons (Fsp3) is 0.278.